The zero-order valence-electron chi connectivity index (χ0n) is 17.1. The Morgan fingerprint density at radius 1 is 1.14 bits per heavy atom. The molecule has 0 atom stereocenters. The smallest absolute Gasteiger partial charge is 0.341 e. The highest BCUT2D eigenvalue weighted by Crippen LogP contribution is 2.37. The number of anilines is 3. The molecule has 0 spiro atoms. The van der Waals surface area contributed by atoms with Gasteiger partial charge in [0.2, 0.25) is 0 Å². The van der Waals surface area contributed by atoms with Gasteiger partial charge in [-0.3, -0.25) is 0 Å². The van der Waals surface area contributed by atoms with Crippen LogP contribution in [0, 0.1) is 13.8 Å². The molecule has 7 heteroatoms. The summed E-state index contributed by atoms with van der Waals surface area (Å²) in [6, 6.07) is 7.90. The molecule has 1 N–H and O–H groups in total. The van der Waals surface area contributed by atoms with Gasteiger partial charge in [-0.05, 0) is 57.7 Å². The van der Waals surface area contributed by atoms with Gasteiger partial charge >= 0.3 is 5.97 Å². The Morgan fingerprint density at radius 2 is 1.83 bits per heavy atom. The van der Waals surface area contributed by atoms with Crippen molar-refractivity contribution in [3.05, 3.63) is 40.3 Å². The lowest BCUT2D eigenvalue weighted by Gasteiger charge is -2.29. The van der Waals surface area contributed by atoms with E-state index >= 15 is 0 Å². The van der Waals surface area contributed by atoms with E-state index in [4.69, 9.17) is 14.7 Å². The third kappa shape index (κ3) is 3.92. The van der Waals surface area contributed by atoms with Crippen LogP contribution < -0.4 is 10.2 Å². The summed E-state index contributed by atoms with van der Waals surface area (Å²) in [5.74, 6) is 1.24. The number of aryl methyl sites for hydroxylation is 1. The van der Waals surface area contributed by atoms with E-state index in [2.05, 4.69) is 10.2 Å². The summed E-state index contributed by atoms with van der Waals surface area (Å²) in [4.78, 5) is 25.8. The number of fused-ring (bicyclic) bond motifs is 1. The molecule has 29 heavy (non-hydrogen) atoms. The number of para-hydroxylation sites is 2. The summed E-state index contributed by atoms with van der Waals surface area (Å²) >= 11 is 1.55. The number of nitrogens with zero attached hydrogens (tertiary/aromatic N) is 3. The van der Waals surface area contributed by atoms with Gasteiger partial charge in [-0.25, -0.2) is 14.8 Å². The molecule has 0 unspecified atom stereocenters. The topological polar surface area (TPSA) is 67.3 Å². The molecule has 0 amide bonds. The summed E-state index contributed by atoms with van der Waals surface area (Å²) < 4.78 is 5.30. The standard InChI is InChI=1S/C22H26N4O2S/c1-4-28-22(27)18-14(2)15(3)29-21(18)25-19-20(26-12-8-5-9-13-26)24-17-11-7-6-10-16(17)23-19/h6-7,10-11H,4-5,8-9,12-13H2,1-3H3,(H,23,25). The zero-order chi connectivity index (χ0) is 20.4. The predicted octanol–water partition coefficient (Wildman–Crippen LogP) is 5.22. The van der Waals surface area contributed by atoms with Gasteiger partial charge in [0.1, 0.15) is 5.00 Å². The molecule has 1 saturated heterocycles. The molecule has 6 nitrogen and oxygen atoms in total. The molecular formula is C22H26N4O2S. The molecule has 1 aliphatic rings. The highest BCUT2D eigenvalue weighted by molar-refractivity contribution is 7.16. The van der Waals surface area contributed by atoms with Crippen molar-refractivity contribution >= 4 is 45.0 Å². The second-order valence-electron chi connectivity index (χ2n) is 7.27. The van der Waals surface area contributed by atoms with E-state index in [1.54, 1.807) is 11.3 Å². The van der Waals surface area contributed by atoms with Crippen molar-refractivity contribution in [2.45, 2.75) is 40.0 Å². The first-order valence-electron chi connectivity index (χ1n) is 10.1. The number of hydrogen-bond acceptors (Lipinski definition) is 7. The molecule has 1 aliphatic heterocycles. The molecule has 4 rings (SSSR count). The second kappa shape index (κ2) is 8.37. The van der Waals surface area contributed by atoms with Crippen LogP contribution in [0.4, 0.5) is 16.6 Å². The Morgan fingerprint density at radius 3 is 2.52 bits per heavy atom. The highest BCUT2D eigenvalue weighted by atomic mass is 32.1. The molecule has 0 radical (unpaired) electrons. The van der Waals surface area contributed by atoms with E-state index in [1.165, 1.54) is 6.42 Å². The van der Waals surface area contributed by atoms with Crippen LogP contribution in [0.25, 0.3) is 11.0 Å². The Labute approximate surface area is 174 Å². The molecule has 152 valence electrons. The maximum atomic E-state index is 12.6. The van der Waals surface area contributed by atoms with Crippen LogP contribution in [0.1, 0.15) is 47.0 Å². The molecule has 1 fully saturated rings. The lowest BCUT2D eigenvalue weighted by molar-refractivity contribution is 0.0527. The number of hydrogen-bond donors (Lipinski definition) is 1. The average molecular weight is 411 g/mol. The van der Waals surface area contributed by atoms with Crippen molar-refractivity contribution in [3.8, 4) is 0 Å². The second-order valence-corrected chi connectivity index (χ2v) is 8.49. The van der Waals surface area contributed by atoms with Crippen LogP contribution in [-0.2, 0) is 4.74 Å². The number of ether oxygens (including phenoxy) is 1. The first-order valence-corrected chi connectivity index (χ1v) is 11.0. The van der Waals surface area contributed by atoms with Crippen molar-refractivity contribution in [2.24, 2.45) is 0 Å². The largest absolute Gasteiger partial charge is 0.462 e. The lowest BCUT2D eigenvalue weighted by atomic mass is 10.1. The van der Waals surface area contributed by atoms with Gasteiger partial charge in [0.05, 0.1) is 23.2 Å². The fraction of sp³-hybridized carbons (Fsp3) is 0.409. The molecule has 0 saturated carbocycles. The highest BCUT2D eigenvalue weighted by Gasteiger charge is 2.24. The monoisotopic (exact) mass is 410 g/mol. The van der Waals surface area contributed by atoms with E-state index in [0.29, 0.717) is 18.0 Å². The molecule has 0 bridgehead atoms. The van der Waals surface area contributed by atoms with E-state index in [0.717, 1.165) is 58.2 Å². The quantitative estimate of drug-likeness (QED) is 0.582. The third-order valence-electron chi connectivity index (χ3n) is 5.30. The Kier molecular flexibility index (Phi) is 5.67. The molecule has 2 aromatic heterocycles. The SMILES string of the molecule is CCOC(=O)c1c(Nc2nc3ccccc3nc2N2CCCCC2)sc(C)c1C. The molecular weight excluding hydrogens is 384 g/mol. The lowest BCUT2D eigenvalue weighted by Crippen LogP contribution is -2.31. The van der Waals surface area contributed by atoms with Gasteiger partial charge < -0.3 is 15.0 Å². The summed E-state index contributed by atoms with van der Waals surface area (Å²) in [5.41, 5.74) is 3.25. The fourth-order valence-corrected chi connectivity index (χ4v) is 4.72. The van der Waals surface area contributed by atoms with Crippen LogP contribution in [0.3, 0.4) is 0 Å². The van der Waals surface area contributed by atoms with Crippen LogP contribution >= 0.6 is 11.3 Å². The maximum Gasteiger partial charge on any atom is 0.341 e. The van der Waals surface area contributed by atoms with Crippen LogP contribution in [0.15, 0.2) is 24.3 Å². The van der Waals surface area contributed by atoms with Gasteiger partial charge in [-0.15, -0.1) is 11.3 Å². The van der Waals surface area contributed by atoms with E-state index in [9.17, 15) is 4.79 Å². The number of nitrogens with one attached hydrogen (secondary N) is 1. The number of esters is 1. The number of aromatic nitrogens is 2. The summed E-state index contributed by atoms with van der Waals surface area (Å²) in [5, 5.41) is 4.20. The minimum Gasteiger partial charge on any atom is -0.462 e. The summed E-state index contributed by atoms with van der Waals surface area (Å²) in [7, 11) is 0. The van der Waals surface area contributed by atoms with Crippen molar-refractivity contribution in [3.63, 3.8) is 0 Å². The Hall–Kier alpha value is -2.67. The Bertz CT molecular complexity index is 1040. The number of carbonyl (C=O) groups is 1. The fourth-order valence-electron chi connectivity index (χ4n) is 3.67. The zero-order valence-corrected chi connectivity index (χ0v) is 17.9. The van der Waals surface area contributed by atoms with E-state index in [1.807, 2.05) is 45.0 Å². The minimum absolute atomic E-state index is 0.301. The summed E-state index contributed by atoms with van der Waals surface area (Å²) in [6.45, 7) is 8.08. The van der Waals surface area contributed by atoms with Crippen LogP contribution in [0.2, 0.25) is 0 Å². The van der Waals surface area contributed by atoms with Crippen molar-refractivity contribution in [1.29, 1.82) is 0 Å². The van der Waals surface area contributed by atoms with Crippen molar-refractivity contribution in [2.75, 3.05) is 29.9 Å². The Balaban J connectivity index is 1.79. The molecule has 1 aromatic carbocycles. The van der Waals surface area contributed by atoms with Gasteiger partial charge in [0.25, 0.3) is 0 Å². The number of carbonyl (C=O) groups excluding carboxylic acids is 1. The summed E-state index contributed by atoms with van der Waals surface area (Å²) in [6.07, 6.45) is 3.55. The predicted molar refractivity (Wildman–Crippen MR) is 119 cm³/mol. The van der Waals surface area contributed by atoms with Crippen LogP contribution in [-0.4, -0.2) is 35.6 Å². The molecule has 0 aliphatic carbocycles. The van der Waals surface area contributed by atoms with Crippen LogP contribution in [0.5, 0.6) is 0 Å². The van der Waals surface area contributed by atoms with Gasteiger partial charge in [-0.1, -0.05) is 12.1 Å². The third-order valence-corrected chi connectivity index (χ3v) is 6.43. The molecule has 3 heterocycles. The number of rotatable bonds is 5. The number of benzene rings is 1. The minimum atomic E-state index is -0.301. The van der Waals surface area contributed by atoms with Crippen molar-refractivity contribution < 1.29 is 9.53 Å². The first-order chi connectivity index (χ1) is 14.1. The van der Waals surface area contributed by atoms with Gasteiger partial charge in [0.15, 0.2) is 11.6 Å². The van der Waals surface area contributed by atoms with E-state index < -0.39 is 0 Å². The van der Waals surface area contributed by atoms with E-state index in [-0.39, 0.29) is 5.97 Å². The number of piperidine rings is 1. The first kappa shape index (κ1) is 19.6. The van der Waals surface area contributed by atoms with Crippen molar-refractivity contribution in [1.82, 2.24) is 9.97 Å². The molecule has 3 aromatic rings. The average Bonchev–Trinajstić information content (AvgIpc) is 3.01. The van der Waals surface area contributed by atoms with Gasteiger partial charge in [0, 0.05) is 18.0 Å². The van der Waals surface area contributed by atoms with Gasteiger partial charge in [-0.2, -0.15) is 0 Å². The normalized spacial score (nSPS) is 14.2. The number of thiophene rings is 1. The maximum absolute atomic E-state index is 12.6.